The monoisotopic (exact) mass is 144 g/mol. The van der Waals surface area contributed by atoms with Crippen LogP contribution in [-0.2, 0) is 0 Å². The van der Waals surface area contributed by atoms with E-state index >= 15 is 0 Å². The van der Waals surface area contributed by atoms with E-state index in [1.165, 1.54) is 0 Å². The number of likely N-dealkylation sites (N-methyl/N-ethyl adjacent to an activating group) is 1. The van der Waals surface area contributed by atoms with E-state index in [1.807, 2.05) is 21.0 Å². The summed E-state index contributed by atoms with van der Waals surface area (Å²) in [4.78, 5) is 5.96. The molecule has 0 aliphatic heterocycles. The molecule has 0 aromatic heterocycles. The van der Waals surface area contributed by atoms with E-state index in [1.54, 1.807) is 0 Å². The number of thiocarbonyl (C=S) groups is 1. The molecule has 0 rings (SSSR count). The van der Waals surface area contributed by atoms with Gasteiger partial charge in [-0.3, -0.25) is 0 Å². The Morgan fingerprint density at radius 2 is 2.22 bits per heavy atom. The van der Waals surface area contributed by atoms with Gasteiger partial charge in [0.25, 0.3) is 0 Å². The molecule has 2 nitrogen and oxygen atoms in total. The first-order valence-corrected chi connectivity index (χ1v) is 3.29. The largest absolute Gasteiger partial charge is 0.307 e. The third-order valence-electron chi connectivity index (χ3n) is 0.902. The zero-order valence-corrected chi connectivity index (χ0v) is 6.90. The lowest BCUT2D eigenvalue weighted by Crippen LogP contribution is -2.21. The van der Waals surface area contributed by atoms with Gasteiger partial charge in [-0.1, -0.05) is 0 Å². The van der Waals surface area contributed by atoms with E-state index in [9.17, 15) is 0 Å². The van der Waals surface area contributed by atoms with Crippen LogP contribution in [0.1, 0.15) is 6.92 Å². The first-order chi connectivity index (χ1) is 4.16. The van der Waals surface area contributed by atoms with Crippen LogP contribution < -0.4 is 0 Å². The molecule has 0 aliphatic carbocycles. The van der Waals surface area contributed by atoms with Crippen LogP contribution in [0.15, 0.2) is 4.99 Å². The predicted octanol–water partition coefficient (Wildman–Crippen LogP) is 1.04. The van der Waals surface area contributed by atoms with Crippen LogP contribution in [0.2, 0.25) is 0 Å². The number of nitrogens with zero attached hydrogens (tertiary/aromatic N) is 2. The highest BCUT2D eigenvalue weighted by Gasteiger charge is 1.97. The molecule has 0 N–H and O–H groups in total. The maximum atomic E-state index is 4.45. The van der Waals surface area contributed by atoms with Crippen molar-refractivity contribution in [2.75, 3.05) is 20.6 Å². The van der Waals surface area contributed by atoms with E-state index in [0.29, 0.717) is 0 Å². The average molecular weight is 144 g/mol. The number of rotatable bonds is 3. The van der Waals surface area contributed by atoms with Gasteiger partial charge in [0.1, 0.15) is 0 Å². The van der Waals surface area contributed by atoms with Crippen LogP contribution in [0.5, 0.6) is 0 Å². The van der Waals surface area contributed by atoms with Crippen molar-refractivity contribution in [3.63, 3.8) is 0 Å². The van der Waals surface area contributed by atoms with E-state index < -0.39 is 0 Å². The van der Waals surface area contributed by atoms with Gasteiger partial charge in [-0.05, 0) is 33.2 Å². The molecule has 0 spiro atoms. The Morgan fingerprint density at radius 1 is 1.67 bits per heavy atom. The van der Waals surface area contributed by atoms with Crippen LogP contribution in [-0.4, -0.2) is 36.7 Å². The molecule has 1 unspecified atom stereocenters. The van der Waals surface area contributed by atoms with Gasteiger partial charge < -0.3 is 4.90 Å². The Morgan fingerprint density at radius 3 is 2.56 bits per heavy atom. The lowest BCUT2D eigenvalue weighted by atomic mass is 10.3. The van der Waals surface area contributed by atoms with Crippen molar-refractivity contribution in [1.82, 2.24) is 4.90 Å². The van der Waals surface area contributed by atoms with Crippen molar-refractivity contribution in [2.45, 2.75) is 13.0 Å². The standard InChI is InChI=1S/C6H12N2S/c1-6(7-5-9)4-8(2)3/h6H,4H2,1-3H3. The third-order valence-corrected chi connectivity index (χ3v) is 1.01. The molecule has 0 amide bonds. The molecule has 52 valence electrons. The molecule has 0 fully saturated rings. The fraction of sp³-hybridized carbons (Fsp3) is 0.833. The van der Waals surface area contributed by atoms with Gasteiger partial charge in [0.05, 0.1) is 11.2 Å². The van der Waals surface area contributed by atoms with Gasteiger partial charge >= 0.3 is 0 Å². The lowest BCUT2D eigenvalue weighted by molar-refractivity contribution is 0.384. The second-order valence-electron chi connectivity index (χ2n) is 2.33. The molecule has 0 saturated carbocycles. The molecule has 0 radical (unpaired) electrons. The topological polar surface area (TPSA) is 15.6 Å². The normalized spacial score (nSPS) is 12.9. The third kappa shape index (κ3) is 5.63. The minimum atomic E-state index is 0.275. The second kappa shape index (κ2) is 4.62. The highest BCUT2D eigenvalue weighted by molar-refractivity contribution is 7.78. The average Bonchev–Trinajstić information content (AvgIpc) is 1.63. The minimum Gasteiger partial charge on any atom is -0.307 e. The SMILES string of the molecule is CC(CN(C)C)N=C=S. The summed E-state index contributed by atoms with van der Waals surface area (Å²) in [7, 11) is 4.02. The number of aliphatic imine (C=N–C) groups is 1. The van der Waals surface area contributed by atoms with E-state index in [2.05, 4.69) is 27.3 Å². The van der Waals surface area contributed by atoms with Crippen LogP contribution in [0.25, 0.3) is 0 Å². The zero-order valence-electron chi connectivity index (χ0n) is 6.09. The fourth-order valence-electron chi connectivity index (χ4n) is 0.659. The Hall–Kier alpha value is -0.240. The Kier molecular flexibility index (Phi) is 4.50. The van der Waals surface area contributed by atoms with Crippen LogP contribution in [0.3, 0.4) is 0 Å². The van der Waals surface area contributed by atoms with Crippen molar-refractivity contribution in [3.8, 4) is 0 Å². The summed E-state index contributed by atoms with van der Waals surface area (Å²) >= 11 is 4.45. The fourth-order valence-corrected chi connectivity index (χ4v) is 0.839. The minimum absolute atomic E-state index is 0.275. The van der Waals surface area contributed by atoms with Gasteiger partial charge in [0.2, 0.25) is 0 Å². The maximum absolute atomic E-state index is 4.45. The van der Waals surface area contributed by atoms with Crippen molar-refractivity contribution in [1.29, 1.82) is 0 Å². The van der Waals surface area contributed by atoms with Gasteiger partial charge in [-0.15, -0.1) is 0 Å². The quantitative estimate of drug-likeness (QED) is 0.434. The second-order valence-corrected chi connectivity index (χ2v) is 2.51. The molecular weight excluding hydrogens is 132 g/mol. The number of hydrogen-bond acceptors (Lipinski definition) is 3. The molecule has 0 aromatic rings. The van der Waals surface area contributed by atoms with Crippen molar-refractivity contribution < 1.29 is 0 Å². The number of hydrogen-bond donors (Lipinski definition) is 0. The summed E-state index contributed by atoms with van der Waals surface area (Å²) in [5.74, 6) is 0. The van der Waals surface area contributed by atoms with E-state index in [-0.39, 0.29) is 6.04 Å². The summed E-state index contributed by atoms with van der Waals surface area (Å²) in [5, 5.41) is 2.35. The van der Waals surface area contributed by atoms with Crippen molar-refractivity contribution in [2.24, 2.45) is 4.99 Å². The molecular formula is C6H12N2S. The summed E-state index contributed by atoms with van der Waals surface area (Å²) in [6.07, 6.45) is 0. The molecule has 0 heterocycles. The summed E-state index contributed by atoms with van der Waals surface area (Å²) in [5.41, 5.74) is 0. The lowest BCUT2D eigenvalue weighted by Gasteiger charge is -2.10. The van der Waals surface area contributed by atoms with Gasteiger partial charge in [-0.25, -0.2) is 4.99 Å². The molecule has 0 bridgehead atoms. The highest BCUT2D eigenvalue weighted by Crippen LogP contribution is 1.88. The number of isothiocyanates is 1. The first kappa shape index (κ1) is 8.76. The molecule has 9 heavy (non-hydrogen) atoms. The Bertz CT molecular complexity index is 116. The zero-order chi connectivity index (χ0) is 7.28. The highest BCUT2D eigenvalue weighted by atomic mass is 32.1. The predicted molar refractivity (Wildman–Crippen MR) is 43.0 cm³/mol. The van der Waals surface area contributed by atoms with Crippen LogP contribution in [0.4, 0.5) is 0 Å². The smallest absolute Gasteiger partial charge is 0.0701 e. The summed E-state index contributed by atoms with van der Waals surface area (Å²) in [6.45, 7) is 2.95. The van der Waals surface area contributed by atoms with Gasteiger partial charge in [0, 0.05) is 6.54 Å². The van der Waals surface area contributed by atoms with Crippen LogP contribution >= 0.6 is 12.2 Å². The van der Waals surface area contributed by atoms with Gasteiger partial charge in [0.15, 0.2) is 0 Å². The van der Waals surface area contributed by atoms with Crippen molar-refractivity contribution >= 4 is 17.4 Å². The summed E-state index contributed by atoms with van der Waals surface area (Å²) in [6, 6.07) is 0.275. The van der Waals surface area contributed by atoms with Crippen LogP contribution in [0, 0.1) is 0 Å². The van der Waals surface area contributed by atoms with E-state index in [0.717, 1.165) is 6.54 Å². The Balaban J connectivity index is 3.49. The summed E-state index contributed by atoms with van der Waals surface area (Å²) < 4.78 is 0. The maximum Gasteiger partial charge on any atom is 0.0701 e. The van der Waals surface area contributed by atoms with Crippen molar-refractivity contribution in [3.05, 3.63) is 0 Å². The Labute approximate surface area is 61.6 Å². The first-order valence-electron chi connectivity index (χ1n) is 2.88. The molecule has 0 aliphatic rings. The van der Waals surface area contributed by atoms with Gasteiger partial charge in [-0.2, -0.15) is 0 Å². The molecule has 0 saturated heterocycles. The van der Waals surface area contributed by atoms with E-state index in [4.69, 9.17) is 0 Å². The molecule has 0 aromatic carbocycles. The molecule has 3 heteroatoms. The molecule has 1 atom stereocenters.